The summed E-state index contributed by atoms with van der Waals surface area (Å²) in [5.41, 5.74) is 0.319. The molecule has 1 aromatic rings. The van der Waals surface area contributed by atoms with Gasteiger partial charge < -0.3 is 19.0 Å². The van der Waals surface area contributed by atoms with Crippen LogP contribution in [0.4, 0.5) is 0 Å². The van der Waals surface area contributed by atoms with E-state index in [2.05, 4.69) is 13.8 Å². The van der Waals surface area contributed by atoms with Crippen molar-refractivity contribution in [3.63, 3.8) is 0 Å². The summed E-state index contributed by atoms with van der Waals surface area (Å²) in [6, 6.07) is 3.30. The SMILES string of the molecule is CC(=O)O[C@@H]1[C@@H](c2ccc(=O)oc2)[C@@]2(C)CC[C@@H]3[C@H](CC[C@H]4C[C@@H](O)CC[C@@]43C)[C@]23O[C@@H]13. The summed E-state index contributed by atoms with van der Waals surface area (Å²) >= 11 is 0. The molecule has 174 valence electrons. The first kappa shape index (κ1) is 20.9. The molecule has 1 aromatic heterocycles. The molecule has 0 amide bonds. The average Bonchev–Trinajstić information content (AvgIpc) is 3.44. The fourth-order valence-electron chi connectivity index (χ4n) is 9.10. The minimum Gasteiger partial charge on any atom is -0.459 e. The van der Waals surface area contributed by atoms with E-state index in [1.807, 2.05) is 6.07 Å². The second-order valence-corrected chi connectivity index (χ2v) is 11.6. The van der Waals surface area contributed by atoms with E-state index in [0.717, 1.165) is 50.5 Å². The molecule has 4 saturated carbocycles. The molecule has 0 aromatic carbocycles. The lowest BCUT2D eigenvalue weighted by atomic mass is 9.44. The van der Waals surface area contributed by atoms with Gasteiger partial charge in [-0.15, -0.1) is 0 Å². The van der Waals surface area contributed by atoms with Crippen LogP contribution in [0, 0.1) is 28.6 Å². The number of rotatable bonds is 2. The average molecular weight is 443 g/mol. The van der Waals surface area contributed by atoms with Gasteiger partial charge in [0.05, 0.1) is 12.4 Å². The van der Waals surface area contributed by atoms with Gasteiger partial charge in [0.1, 0.15) is 17.8 Å². The molecule has 32 heavy (non-hydrogen) atoms. The smallest absolute Gasteiger partial charge is 0.335 e. The fourth-order valence-corrected chi connectivity index (χ4v) is 9.10. The molecule has 6 heteroatoms. The van der Waals surface area contributed by atoms with Gasteiger partial charge in [-0.05, 0) is 79.7 Å². The molecule has 10 atom stereocenters. The van der Waals surface area contributed by atoms with Gasteiger partial charge in [-0.1, -0.05) is 13.8 Å². The van der Waals surface area contributed by atoms with Crippen LogP contribution in [0.1, 0.15) is 77.2 Å². The van der Waals surface area contributed by atoms with Crippen LogP contribution in [0.25, 0.3) is 0 Å². The molecule has 5 aliphatic rings. The van der Waals surface area contributed by atoms with Crippen molar-refractivity contribution in [2.75, 3.05) is 0 Å². The third kappa shape index (κ3) is 2.54. The van der Waals surface area contributed by atoms with Crippen molar-refractivity contribution in [3.8, 4) is 0 Å². The summed E-state index contributed by atoms with van der Waals surface area (Å²) in [6.45, 7) is 6.23. The molecule has 6 nitrogen and oxygen atoms in total. The monoisotopic (exact) mass is 442 g/mol. The lowest BCUT2D eigenvalue weighted by molar-refractivity contribution is -0.158. The van der Waals surface area contributed by atoms with Gasteiger partial charge in [0.2, 0.25) is 0 Å². The molecule has 4 aliphatic carbocycles. The van der Waals surface area contributed by atoms with Gasteiger partial charge >= 0.3 is 11.6 Å². The van der Waals surface area contributed by atoms with Gasteiger partial charge in [0.15, 0.2) is 0 Å². The highest BCUT2D eigenvalue weighted by atomic mass is 16.7. The van der Waals surface area contributed by atoms with Crippen molar-refractivity contribution >= 4 is 5.97 Å². The van der Waals surface area contributed by atoms with Crippen LogP contribution in [0.15, 0.2) is 27.6 Å². The Morgan fingerprint density at radius 3 is 2.66 bits per heavy atom. The highest BCUT2D eigenvalue weighted by molar-refractivity contribution is 5.66. The van der Waals surface area contributed by atoms with Gasteiger partial charge in [-0.3, -0.25) is 4.79 Å². The molecule has 1 saturated heterocycles. The molecule has 0 bridgehead atoms. The van der Waals surface area contributed by atoms with E-state index >= 15 is 0 Å². The number of esters is 1. The van der Waals surface area contributed by atoms with Crippen molar-refractivity contribution in [1.29, 1.82) is 0 Å². The summed E-state index contributed by atoms with van der Waals surface area (Å²) < 4.78 is 17.8. The van der Waals surface area contributed by atoms with E-state index in [0.29, 0.717) is 17.8 Å². The highest BCUT2D eigenvalue weighted by Crippen LogP contribution is 2.78. The van der Waals surface area contributed by atoms with E-state index in [1.165, 1.54) is 13.0 Å². The van der Waals surface area contributed by atoms with Crippen molar-refractivity contribution < 1.29 is 23.8 Å². The summed E-state index contributed by atoms with van der Waals surface area (Å²) in [5.74, 6) is 1.24. The first-order chi connectivity index (χ1) is 15.2. The van der Waals surface area contributed by atoms with Crippen LogP contribution in [0.2, 0.25) is 0 Å². The Labute approximate surface area is 188 Å². The van der Waals surface area contributed by atoms with Crippen molar-refractivity contribution in [3.05, 3.63) is 34.4 Å². The summed E-state index contributed by atoms with van der Waals surface area (Å²) in [4.78, 5) is 23.7. The Hall–Kier alpha value is -1.66. The highest BCUT2D eigenvalue weighted by Gasteiger charge is 2.84. The predicted octanol–water partition coefficient (Wildman–Crippen LogP) is 3.80. The van der Waals surface area contributed by atoms with Crippen molar-refractivity contribution in [1.82, 2.24) is 0 Å². The quantitative estimate of drug-likeness (QED) is 0.554. The molecule has 0 radical (unpaired) electrons. The summed E-state index contributed by atoms with van der Waals surface area (Å²) in [5, 5.41) is 10.3. The zero-order valence-corrected chi connectivity index (χ0v) is 19.2. The second kappa shape index (κ2) is 6.69. The molecule has 1 spiro atoms. The molecule has 1 N–H and O–H groups in total. The van der Waals surface area contributed by atoms with E-state index in [-0.39, 0.29) is 52.3 Å². The van der Waals surface area contributed by atoms with Crippen molar-refractivity contribution in [2.24, 2.45) is 28.6 Å². The first-order valence-corrected chi connectivity index (χ1v) is 12.3. The lowest BCUT2D eigenvalue weighted by Crippen LogP contribution is -2.58. The summed E-state index contributed by atoms with van der Waals surface area (Å²) in [7, 11) is 0. The maximum absolute atomic E-state index is 12.1. The van der Waals surface area contributed by atoms with Crippen LogP contribution < -0.4 is 5.63 Å². The number of hydrogen-bond donors (Lipinski definition) is 1. The Balaban J connectivity index is 1.41. The van der Waals surface area contributed by atoms with Crippen molar-refractivity contribution in [2.45, 2.75) is 95.5 Å². The molecule has 6 rings (SSSR count). The van der Waals surface area contributed by atoms with E-state index in [1.54, 1.807) is 6.26 Å². The molecule has 2 heterocycles. The number of carbonyl (C=O) groups excluding carboxylic acids is 1. The number of hydrogen-bond acceptors (Lipinski definition) is 6. The largest absolute Gasteiger partial charge is 0.459 e. The molecule has 5 fully saturated rings. The Bertz CT molecular complexity index is 982. The fraction of sp³-hybridized carbons (Fsp3) is 0.769. The number of fused-ring (bicyclic) bond motifs is 3. The first-order valence-electron chi connectivity index (χ1n) is 12.3. The normalized spacial score (nSPS) is 51.1. The Morgan fingerprint density at radius 1 is 1.12 bits per heavy atom. The van der Waals surface area contributed by atoms with E-state index in [9.17, 15) is 14.7 Å². The van der Waals surface area contributed by atoms with E-state index in [4.69, 9.17) is 13.9 Å². The van der Waals surface area contributed by atoms with Crippen LogP contribution in [-0.4, -0.2) is 35.0 Å². The number of aliphatic hydroxyl groups excluding tert-OH is 1. The van der Waals surface area contributed by atoms with Gasteiger partial charge in [0.25, 0.3) is 0 Å². The topological polar surface area (TPSA) is 89.3 Å². The third-order valence-electron chi connectivity index (χ3n) is 10.5. The zero-order valence-electron chi connectivity index (χ0n) is 19.2. The van der Waals surface area contributed by atoms with Gasteiger partial charge in [-0.2, -0.15) is 0 Å². The van der Waals surface area contributed by atoms with Crippen LogP contribution in [-0.2, 0) is 14.3 Å². The zero-order chi connectivity index (χ0) is 22.5. The number of carbonyl (C=O) groups is 1. The number of aliphatic hydroxyl groups is 1. The van der Waals surface area contributed by atoms with Crippen LogP contribution >= 0.6 is 0 Å². The minimum absolute atomic E-state index is 0.0471. The maximum atomic E-state index is 12.1. The predicted molar refractivity (Wildman–Crippen MR) is 116 cm³/mol. The maximum Gasteiger partial charge on any atom is 0.335 e. The lowest BCUT2D eigenvalue weighted by Gasteiger charge is -2.61. The Morgan fingerprint density at radius 2 is 1.94 bits per heavy atom. The van der Waals surface area contributed by atoms with Crippen LogP contribution in [0.5, 0.6) is 0 Å². The molecule has 0 unspecified atom stereocenters. The summed E-state index contributed by atoms with van der Waals surface area (Å²) in [6.07, 6.45) is 8.20. The molecular formula is C26H34O6. The third-order valence-corrected chi connectivity index (χ3v) is 10.5. The second-order valence-electron chi connectivity index (χ2n) is 11.6. The standard InChI is InChI=1S/C26H34O6/c1-14(27)31-22-21(15-4-7-20(29)30-13-15)25(3)11-9-18-19(26(25)23(22)32-26)6-5-16-12-17(28)8-10-24(16,18)2/h4,7,13,16-19,21-23,28H,5-6,8-12H2,1-3H3/t16-,17-,18+,19-,21+,22+,23-,24-,25+,26+/m0/s1. The number of ether oxygens (including phenoxy) is 2. The Kier molecular flexibility index (Phi) is 4.37. The number of epoxide rings is 1. The molecule has 1 aliphatic heterocycles. The van der Waals surface area contributed by atoms with Gasteiger partial charge in [-0.25, -0.2) is 4.79 Å². The van der Waals surface area contributed by atoms with Crippen LogP contribution in [0.3, 0.4) is 0 Å². The molecular weight excluding hydrogens is 408 g/mol. The minimum atomic E-state index is -0.369. The van der Waals surface area contributed by atoms with E-state index < -0.39 is 0 Å². The van der Waals surface area contributed by atoms with Gasteiger partial charge in [0, 0.05) is 24.3 Å².